The van der Waals surface area contributed by atoms with Crippen LogP contribution >= 0.6 is 12.2 Å². The Morgan fingerprint density at radius 3 is 2.37 bits per heavy atom. The highest BCUT2D eigenvalue weighted by molar-refractivity contribution is 7.80. The smallest absolute Gasteiger partial charge is 0.170 e. The van der Waals surface area contributed by atoms with E-state index in [1.165, 1.54) is 37.7 Å². The van der Waals surface area contributed by atoms with Gasteiger partial charge in [-0.1, -0.05) is 31.0 Å². The molecular formula is C16H24N2S. The van der Waals surface area contributed by atoms with Crippen LogP contribution in [-0.2, 0) is 0 Å². The summed E-state index contributed by atoms with van der Waals surface area (Å²) in [6, 6.07) is 8.87. The molecule has 1 aliphatic rings. The first kappa shape index (κ1) is 14.3. The lowest BCUT2D eigenvalue weighted by Gasteiger charge is -2.29. The number of hydrogen-bond donors (Lipinski definition) is 2. The lowest BCUT2D eigenvalue weighted by molar-refractivity contribution is 0.306. The maximum Gasteiger partial charge on any atom is 0.170 e. The summed E-state index contributed by atoms with van der Waals surface area (Å²) in [5.41, 5.74) is 2.33. The first-order chi connectivity index (χ1) is 9.17. The van der Waals surface area contributed by atoms with Gasteiger partial charge in [0.1, 0.15) is 0 Å². The summed E-state index contributed by atoms with van der Waals surface area (Å²) in [6.07, 6.45) is 6.48. The third kappa shape index (κ3) is 4.50. The third-order valence-corrected chi connectivity index (χ3v) is 4.29. The van der Waals surface area contributed by atoms with E-state index in [0.717, 1.165) is 16.7 Å². The Morgan fingerprint density at radius 2 is 1.79 bits per heavy atom. The van der Waals surface area contributed by atoms with E-state index < -0.39 is 0 Å². The molecule has 0 bridgehead atoms. The van der Waals surface area contributed by atoms with Crippen molar-refractivity contribution in [3.63, 3.8) is 0 Å². The van der Waals surface area contributed by atoms with E-state index in [0.29, 0.717) is 6.04 Å². The van der Waals surface area contributed by atoms with E-state index >= 15 is 0 Å². The quantitative estimate of drug-likeness (QED) is 0.807. The molecule has 3 heteroatoms. The Bertz CT molecular complexity index is 405. The van der Waals surface area contributed by atoms with E-state index in [-0.39, 0.29) is 0 Å². The van der Waals surface area contributed by atoms with E-state index in [1.807, 2.05) is 0 Å². The molecule has 1 saturated carbocycles. The van der Waals surface area contributed by atoms with Crippen molar-refractivity contribution in [1.82, 2.24) is 5.32 Å². The Morgan fingerprint density at radius 1 is 1.16 bits per heavy atom. The minimum Gasteiger partial charge on any atom is -0.360 e. The van der Waals surface area contributed by atoms with Gasteiger partial charge in [0.05, 0.1) is 0 Å². The highest BCUT2D eigenvalue weighted by Gasteiger charge is 2.20. The Kier molecular flexibility index (Phi) is 5.20. The number of anilines is 1. The molecule has 0 heterocycles. The summed E-state index contributed by atoms with van der Waals surface area (Å²) in [6.45, 7) is 4.38. The highest BCUT2D eigenvalue weighted by Crippen LogP contribution is 2.26. The van der Waals surface area contributed by atoms with Gasteiger partial charge in [0, 0.05) is 11.7 Å². The molecule has 0 saturated heterocycles. The van der Waals surface area contributed by atoms with Gasteiger partial charge in [-0.25, -0.2) is 0 Å². The van der Waals surface area contributed by atoms with E-state index in [2.05, 4.69) is 48.7 Å². The zero-order valence-corrected chi connectivity index (χ0v) is 12.7. The van der Waals surface area contributed by atoms with Crippen LogP contribution < -0.4 is 10.6 Å². The molecule has 0 radical (unpaired) electrons. The number of thiocarbonyl (C=S) groups is 1. The summed E-state index contributed by atoms with van der Waals surface area (Å²) >= 11 is 5.39. The predicted molar refractivity (Wildman–Crippen MR) is 86.6 cm³/mol. The average molecular weight is 276 g/mol. The summed E-state index contributed by atoms with van der Waals surface area (Å²) in [5.74, 6) is 0.927. The van der Waals surface area contributed by atoms with Crippen molar-refractivity contribution in [3.05, 3.63) is 29.8 Å². The Balaban J connectivity index is 1.77. The van der Waals surface area contributed by atoms with Gasteiger partial charge >= 0.3 is 0 Å². The second kappa shape index (κ2) is 6.90. The van der Waals surface area contributed by atoms with Crippen LogP contribution in [0.5, 0.6) is 0 Å². The van der Waals surface area contributed by atoms with Crippen molar-refractivity contribution in [2.75, 3.05) is 5.32 Å². The molecule has 2 N–H and O–H groups in total. The summed E-state index contributed by atoms with van der Waals surface area (Å²) in [4.78, 5) is 0. The minimum absolute atomic E-state index is 0.549. The maximum absolute atomic E-state index is 5.39. The Hall–Kier alpha value is -1.09. The van der Waals surface area contributed by atoms with Crippen molar-refractivity contribution in [2.24, 2.45) is 5.92 Å². The fourth-order valence-corrected chi connectivity index (χ4v) is 2.99. The first-order valence-corrected chi connectivity index (χ1v) is 7.72. The molecular weight excluding hydrogens is 252 g/mol. The normalized spacial score (nSPS) is 22.8. The number of hydrogen-bond acceptors (Lipinski definition) is 1. The van der Waals surface area contributed by atoms with E-state index in [9.17, 15) is 0 Å². The molecule has 1 aliphatic carbocycles. The van der Waals surface area contributed by atoms with Gasteiger partial charge in [-0.05, 0) is 62.9 Å². The topological polar surface area (TPSA) is 24.1 Å². The van der Waals surface area contributed by atoms with Crippen molar-refractivity contribution in [1.29, 1.82) is 0 Å². The fourth-order valence-electron chi connectivity index (χ4n) is 2.70. The van der Waals surface area contributed by atoms with Crippen molar-refractivity contribution in [2.45, 2.75) is 52.0 Å². The molecule has 2 nitrogen and oxygen atoms in total. The number of benzene rings is 1. The SMILES string of the molecule is CCC1CCC(NC(=S)Nc2ccc(C)cc2)CC1. The van der Waals surface area contributed by atoms with E-state index in [1.54, 1.807) is 0 Å². The van der Waals surface area contributed by atoms with Gasteiger partial charge in [-0.2, -0.15) is 0 Å². The van der Waals surface area contributed by atoms with Crippen LogP contribution in [0.2, 0.25) is 0 Å². The molecule has 1 aromatic carbocycles. The first-order valence-electron chi connectivity index (χ1n) is 7.31. The van der Waals surface area contributed by atoms with E-state index in [4.69, 9.17) is 12.2 Å². The van der Waals surface area contributed by atoms with Crippen molar-refractivity contribution in [3.8, 4) is 0 Å². The molecule has 2 rings (SSSR count). The fraction of sp³-hybridized carbons (Fsp3) is 0.562. The molecule has 0 aromatic heterocycles. The largest absolute Gasteiger partial charge is 0.360 e. The molecule has 1 aromatic rings. The standard InChI is InChI=1S/C16H24N2S/c1-3-13-6-10-15(11-7-13)18-16(19)17-14-8-4-12(2)5-9-14/h4-5,8-9,13,15H,3,6-7,10-11H2,1-2H3,(H2,17,18,19). The van der Waals surface area contributed by atoms with Crippen LogP contribution in [0.4, 0.5) is 5.69 Å². The number of rotatable bonds is 3. The number of nitrogens with one attached hydrogen (secondary N) is 2. The van der Waals surface area contributed by atoms with Crippen LogP contribution in [0, 0.1) is 12.8 Å². The zero-order chi connectivity index (χ0) is 13.7. The molecule has 19 heavy (non-hydrogen) atoms. The second-order valence-electron chi connectivity index (χ2n) is 5.59. The maximum atomic E-state index is 5.39. The van der Waals surface area contributed by atoms with Crippen LogP contribution in [0.1, 0.15) is 44.6 Å². The van der Waals surface area contributed by atoms with Crippen LogP contribution in [0.25, 0.3) is 0 Å². The molecule has 0 amide bonds. The average Bonchev–Trinajstić information content (AvgIpc) is 2.42. The van der Waals surface area contributed by atoms with Crippen molar-refractivity contribution < 1.29 is 0 Å². The monoisotopic (exact) mass is 276 g/mol. The molecule has 0 atom stereocenters. The Labute approximate surface area is 122 Å². The second-order valence-corrected chi connectivity index (χ2v) is 6.00. The van der Waals surface area contributed by atoms with Crippen LogP contribution in [0.3, 0.4) is 0 Å². The van der Waals surface area contributed by atoms with Gasteiger partial charge in [-0.3, -0.25) is 0 Å². The van der Waals surface area contributed by atoms with Gasteiger partial charge in [0.15, 0.2) is 5.11 Å². The lowest BCUT2D eigenvalue weighted by atomic mass is 9.85. The van der Waals surface area contributed by atoms with Gasteiger partial charge in [0.25, 0.3) is 0 Å². The summed E-state index contributed by atoms with van der Waals surface area (Å²) < 4.78 is 0. The molecule has 0 spiro atoms. The van der Waals surface area contributed by atoms with Crippen molar-refractivity contribution >= 4 is 23.0 Å². The predicted octanol–water partition coefficient (Wildman–Crippen LogP) is 4.25. The summed E-state index contributed by atoms with van der Waals surface area (Å²) in [5, 5.41) is 7.46. The van der Waals surface area contributed by atoms with Gasteiger partial charge in [-0.15, -0.1) is 0 Å². The molecule has 0 unspecified atom stereocenters. The zero-order valence-electron chi connectivity index (χ0n) is 11.9. The van der Waals surface area contributed by atoms with Gasteiger partial charge in [0.2, 0.25) is 0 Å². The van der Waals surface area contributed by atoms with Crippen LogP contribution in [0.15, 0.2) is 24.3 Å². The number of aryl methyl sites for hydroxylation is 1. The minimum atomic E-state index is 0.549. The van der Waals surface area contributed by atoms with Gasteiger partial charge < -0.3 is 10.6 Å². The highest BCUT2D eigenvalue weighted by atomic mass is 32.1. The summed E-state index contributed by atoms with van der Waals surface area (Å²) in [7, 11) is 0. The molecule has 0 aliphatic heterocycles. The molecule has 104 valence electrons. The lowest BCUT2D eigenvalue weighted by Crippen LogP contribution is -2.39. The van der Waals surface area contributed by atoms with Crippen LogP contribution in [-0.4, -0.2) is 11.2 Å². The third-order valence-electron chi connectivity index (χ3n) is 4.07. The molecule has 1 fully saturated rings.